The van der Waals surface area contributed by atoms with Crippen molar-refractivity contribution >= 4 is 29.9 Å². The van der Waals surface area contributed by atoms with Crippen LogP contribution in [-0.2, 0) is 4.74 Å². The molecule has 4 rings (SSSR count). The summed E-state index contributed by atoms with van der Waals surface area (Å²) in [5, 5.41) is 3.62. The van der Waals surface area contributed by atoms with Gasteiger partial charge in [0.05, 0.1) is 13.2 Å². The summed E-state index contributed by atoms with van der Waals surface area (Å²) in [6, 6.07) is 8.41. The van der Waals surface area contributed by atoms with Crippen LogP contribution in [0.15, 0.2) is 29.3 Å². The highest BCUT2D eigenvalue weighted by Gasteiger charge is 2.25. The SMILES string of the molecule is CN=C(NCC1CCOc2ccccc21)N1CCN(CC2CCOC2)CC1.I. The number of piperazine rings is 1. The number of hydrogen-bond donors (Lipinski definition) is 1. The molecule has 0 saturated carbocycles. The van der Waals surface area contributed by atoms with Gasteiger partial charge in [-0.1, -0.05) is 18.2 Å². The third kappa shape index (κ3) is 5.30. The van der Waals surface area contributed by atoms with Crippen LogP contribution in [0.2, 0.25) is 0 Å². The first-order chi connectivity index (χ1) is 13.3. The number of ether oxygens (including phenoxy) is 2. The molecule has 1 N–H and O–H groups in total. The molecule has 2 unspecified atom stereocenters. The van der Waals surface area contributed by atoms with Crippen molar-refractivity contribution in [1.82, 2.24) is 15.1 Å². The molecule has 0 radical (unpaired) electrons. The molecule has 0 aliphatic carbocycles. The van der Waals surface area contributed by atoms with E-state index in [9.17, 15) is 0 Å². The van der Waals surface area contributed by atoms with Gasteiger partial charge >= 0.3 is 0 Å². The molecule has 1 aromatic rings. The Labute approximate surface area is 185 Å². The number of guanidine groups is 1. The number of rotatable bonds is 4. The molecule has 3 aliphatic heterocycles. The molecular formula is C21H33IN4O2. The van der Waals surface area contributed by atoms with Gasteiger partial charge in [-0.3, -0.25) is 9.89 Å². The minimum atomic E-state index is 0. The lowest BCUT2D eigenvalue weighted by molar-refractivity contribution is 0.139. The Bertz CT molecular complexity index is 643. The number of benzene rings is 1. The van der Waals surface area contributed by atoms with Crippen molar-refractivity contribution in [3.05, 3.63) is 29.8 Å². The van der Waals surface area contributed by atoms with Crippen LogP contribution in [0.1, 0.15) is 24.3 Å². The van der Waals surface area contributed by atoms with E-state index in [2.05, 4.69) is 38.3 Å². The Hall–Kier alpha value is -1.06. The number of nitrogens with zero attached hydrogens (tertiary/aromatic N) is 3. The average molecular weight is 500 g/mol. The number of aliphatic imine (C=N–C) groups is 1. The number of hydrogen-bond acceptors (Lipinski definition) is 4. The van der Waals surface area contributed by atoms with E-state index >= 15 is 0 Å². The Morgan fingerprint density at radius 1 is 1.14 bits per heavy atom. The fraction of sp³-hybridized carbons (Fsp3) is 0.667. The van der Waals surface area contributed by atoms with Gasteiger partial charge in [0.25, 0.3) is 0 Å². The lowest BCUT2D eigenvalue weighted by Crippen LogP contribution is -2.53. The van der Waals surface area contributed by atoms with E-state index in [1.165, 1.54) is 18.5 Å². The maximum absolute atomic E-state index is 5.79. The fourth-order valence-electron chi connectivity index (χ4n) is 4.41. The predicted molar refractivity (Wildman–Crippen MR) is 123 cm³/mol. The second-order valence-corrected chi connectivity index (χ2v) is 7.82. The highest BCUT2D eigenvalue weighted by atomic mass is 127. The van der Waals surface area contributed by atoms with E-state index in [0.717, 1.165) is 76.6 Å². The van der Waals surface area contributed by atoms with Crippen LogP contribution < -0.4 is 10.1 Å². The number of halogens is 1. The normalized spacial score (nSPS) is 25.6. The fourth-order valence-corrected chi connectivity index (χ4v) is 4.41. The Kier molecular flexibility index (Phi) is 8.23. The Morgan fingerprint density at radius 2 is 1.96 bits per heavy atom. The summed E-state index contributed by atoms with van der Waals surface area (Å²) in [4.78, 5) is 9.52. The molecule has 0 amide bonds. The van der Waals surface area contributed by atoms with Gasteiger partial charge in [-0.25, -0.2) is 0 Å². The van der Waals surface area contributed by atoms with E-state index in [-0.39, 0.29) is 24.0 Å². The van der Waals surface area contributed by atoms with E-state index in [0.29, 0.717) is 5.92 Å². The van der Waals surface area contributed by atoms with Crippen LogP contribution >= 0.6 is 24.0 Å². The zero-order valence-electron chi connectivity index (χ0n) is 16.8. The molecule has 0 spiro atoms. The first-order valence-corrected chi connectivity index (χ1v) is 10.3. The maximum Gasteiger partial charge on any atom is 0.193 e. The van der Waals surface area contributed by atoms with Gasteiger partial charge in [-0.15, -0.1) is 24.0 Å². The highest BCUT2D eigenvalue weighted by Crippen LogP contribution is 2.32. The summed E-state index contributed by atoms with van der Waals surface area (Å²) in [7, 11) is 1.89. The largest absolute Gasteiger partial charge is 0.493 e. The Morgan fingerprint density at radius 3 is 2.71 bits per heavy atom. The van der Waals surface area contributed by atoms with E-state index in [4.69, 9.17) is 9.47 Å². The Balaban J connectivity index is 0.00000225. The molecular weight excluding hydrogens is 467 g/mol. The summed E-state index contributed by atoms with van der Waals surface area (Å²) in [5.41, 5.74) is 1.32. The van der Waals surface area contributed by atoms with Crippen LogP contribution in [-0.4, -0.2) is 81.9 Å². The van der Waals surface area contributed by atoms with Crippen molar-refractivity contribution in [1.29, 1.82) is 0 Å². The van der Waals surface area contributed by atoms with Crippen LogP contribution in [0.25, 0.3) is 0 Å². The minimum absolute atomic E-state index is 0. The van der Waals surface area contributed by atoms with Gasteiger partial charge < -0.3 is 19.7 Å². The number of para-hydroxylation sites is 1. The molecule has 7 heteroatoms. The maximum atomic E-state index is 5.79. The molecule has 6 nitrogen and oxygen atoms in total. The molecule has 2 fully saturated rings. The molecule has 3 heterocycles. The van der Waals surface area contributed by atoms with Crippen molar-refractivity contribution in [3.8, 4) is 5.75 Å². The van der Waals surface area contributed by atoms with Crippen LogP contribution in [0, 0.1) is 5.92 Å². The smallest absolute Gasteiger partial charge is 0.193 e. The molecule has 156 valence electrons. The van der Waals surface area contributed by atoms with Crippen LogP contribution in [0.4, 0.5) is 0 Å². The third-order valence-corrected chi connectivity index (χ3v) is 6.01. The van der Waals surface area contributed by atoms with Crippen LogP contribution in [0.3, 0.4) is 0 Å². The monoisotopic (exact) mass is 500 g/mol. The lowest BCUT2D eigenvalue weighted by atomic mass is 9.93. The summed E-state index contributed by atoms with van der Waals surface area (Å²) < 4.78 is 11.3. The first-order valence-electron chi connectivity index (χ1n) is 10.3. The van der Waals surface area contributed by atoms with Gasteiger partial charge in [-0.05, 0) is 30.4 Å². The molecule has 28 heavy (non-hydrogen) atoms. The first kappa shape index (κ1) is 21.6. The predicted octanol–water partition coefficient (Wildman–Crippen LogP) is 2.40. The van der Waals surface area contributed by atoms with Crippen molar-refractivity contribution in [2.45, 2.75) is 18.8 Å². The molecule has 1 aromatic carbocycles. The minimum Gasteiger partial charge on any atom is -0.493 e. The van der Waals surface area contributed by atoms with Crippen molar-refractivity contribution in [3.63, 3.8) is 0 Å². The standard InChI is InChI=1S/C21H32N4O2.HI/c1-22-21(23-14-18-7-13-27-20-5-3-2-4-19(18)20)25-10-8-24(9-11-25)15-17-6-12-26-16-17;/h2-5,17-18H,6-16H2,1H3,(H,22,23);1H. The van der Waals surface area contributed by atoms with E-state index < -0.39 is 0 Å². The van der Waals surface area contributed by atoms with E-state index in [1.807, 2.05) is 13.1 Å². The summed E-state index contributed by atoms with van der Waals surface area (Å²) in [5.74, 6) is 3.27. The zero-order chi connectivity index (χ0) is 18.5. The average Bonchev–Trinajstić information content (AvgIpc) is 3.23. The van der Waals surface area contributed by atoms with Crippen molar-refractivity contribution < 1.29 is 9.47 Å². The summed E-state index contributed by atoms with van der Waals surface area (Å²) in [6.45, 7) is 9.06. The summed E-state index contributed by atoms with van der Waals surface area (Å²) in [6.07, 6.45) is 2.27. The van der Waals surface area contributed by atoms with Gasteiger partial charge in [0.15, 0.2) is 5.96 Å². The van der Waals surface area contributed by atoms with Crippen molar-refractivity contribution in [2.24, 2.45) is 10.9 Å². The topological polar surface area (TPSA) is 49.3 Å². The second kappa shape index (κ2) is 10.6. The quantitative estimate of drug-likeness (QED) is 0.391. The van der Waals surface area contributed by atoms with Gasteiger partial charge in [0.2, 0.25) is 0 Å². The number of fused-ring (bicyclic) bond motifs is 1. The van der Waals surface area contributed by atoms with Crippen LogP contribution in [0.5, 0.6) is 5.75 Å². The second-order valence-electron chi connectivity index (χ2n) is 7.82. The highest BCUT2D eigenvalue weighted by molar-refractivity contribution is 14.0. The van der Waals surface area contributed by atoms with Gasteiger partial charge in [0, 0.05) is 58.8 Å². The number of nitrogens with one attached hydrogen (secondary N) is 1. The summed E-state index contributed by atoms with van der Waals surface area (Å²) >= 11 is 0. The van der Waals surface area contributed by atoms with E-state index in [1.54, 1.807) is 0 Å². The molecule has 0 aromatic heterocycles. The third-order valence-electron chi connectivity index (χ3n) is 6.01. The van der Waals surface area contributed by atoms with Gasteiger partial charge in [0.1, 0.15) is 5.75 Å². The van der Waals surface area contributed by atoms with Gasteiger partial charge in [-0.2, -0.15) is 0 Å². The molecule has 3 aliphatic rings. The lowest BCUT2D eigenvalue weighted by Gasteiger charge is -2.37. The molecule has 0 bridgehead atoms. The molecule has 2 atom stereocenters. The van der Waals surface area contributed by atoms with Crippen molar-refractivity contribution in [2.75, 3.05) is 66.1 Å². The molecule has 2 saturated heterocycles. The zero-order valence-corrected chi connectivity index (χ0v) is 19.1.